The largest absolute Gasteiger partial charge is 0.395 e. The normalized spacial score (nSPS) is 27.4. The molecule has 2 saturated carbocycles. The van der Waals surface area contributed by atoms with Crippen LogP contribution in [0.1, 0.15) is 44.9 Å². The average Bonchev–Trinajstić information content (AvgIpc) is 2.99. The second-order valence-corrected chi connectivity index (χ2v) is 6.37. The fourth-order valence-corrected chi connectivity index (χ4v) is 3.67. The summed E-state index contributed by atoms with van der Waals surface area (Å²) >= 11 is 0. The van der Waals surface area contributed by atoms with Gasteiger partial charge >= 0.3 is 0 Å². The van der Waals surface area contributed by atoms with Crippen molar-refractivity contribution < 1.29 is 14.7 Å². The molecule has 1 saturated heterocycles. The molecule has 0 aromatic rings. The Balaban J connectivity index is 1.64. The van der Waals surface area contributed by atoms with Crippen LogP contribution < -0.4 is 0 Å². The third-order valence-corrected chi connectivity index (χ3v) is 4.88. The molecule has 1 aliphatic heterocycles. The molecule has 3 rings (SSSR count). The minimum absolute atomic E-state index is 0.00917. The van der Waals surface area contributed by atoms with Gasteiger partial charge in [-0.15, -0.1) is 0 Å². The summed E-state index contributed by atoms with van der Waals surface area (Å²) in [5.41, 5.74) is 0. The first kappa shape index (κ1) is 13.9. The van der Waals surface area contributed by atoms with E-state index in [2.05, 4.69) is 0 Å². The summed E-state index contributed by atoms with van der Waals surface area (Å²) in [7, 11) is 0. The van der Waals surface area contributed by atoms with Crippen LogP contribution in [0.4, 0.5) is 0 Å². The van der Waals surface area contributed by atoms with E-state index in [1.807, 2.05) is 9.80 Å². The average molecular weight is 280 g/mol. The maximum atomic E-state index is 12.7. The first-order valence-electron chi connectivity index (χ1n) is 7.91. The highest BCUT2D eigenvalue weighted by Crippen LogP contribution is 2.34. The van der Waals surface area contributed by atoms with Crippen LogP contribution in [0.15, 0.2) is 0 Å². The predicted octanol–water partition coefficient (Wildman–Crippen LogP) is 0.761. The number of hydrogen-bond acceptors (Lipinski definition) is 3. The van der Waals surface area contributed by atoms with Crippen molar-refractivity contribution in [3.63, 3.8) is 0 Å². The Kier molecular flexibility index (Phi) is 3.96. The molecule has 20 heavy (non-hydrogen) atoms. The fraction of sp³-hybridized carbons (Fsp3) is 0.867. The van der Waals surface area contributed by atoms with E-state index in [-0.39, 0.29) is 30.4 Å². The highest BCUT2D eigenvalue weighted by molar-refractivity contribution is 5.89. The second kappa shape index (κ2) is 5.72. The minimum atomic E-state index is -0.185. The zero-order valence-electron chi connectivity index (χ0n) is 12.0. The highest BCUT2D eigenvalue weighted by atomic mass is 16.3. The summed E-state index contributed by atoms with van der Waals surface area (Å²) in [4.78, 5) is 28.4. The summed E-state index contributed by atoms with van der Waals surface area (Å²) in [5.74, 6) is 0.0407. The number of aliphatic hydroxyl groups is 1. The van der Waals surface area contributed by atoms with Crippen molar-refractivity contribution in [2.24, 2.45) is 5.92 Å². The number of aliphatic hydroxyl groups excluding tert-OH is 1. The van der Waals surface area contributed by atoms with Crippen LogP contribution in [-0.4, -0.2) is 58.5 Å². The van der Waals surface area contributed by atoms with Crippen LogP contribution in [0.25, 0.3) is 0 Å². The molecule has 1 N–H and O–H groups in total. The molecule has 5 nitrogen and oxygen atoms in total. The molecule has 5 heteroatoms. The van der Waals surface area contributed by atoms with Gasteiger partial charge in [-0.3, -0.25) is 9.59 Å². The van der Waals surface area contributed by atoms with E-state index in [9.17, 15) is 14.7 Å². The quantitative estimate of drug-likeness (QED) is 0.809. The molecule has 0 aromatic heterocycles. The van der Waals surface area contributed by atoms with Crippen LogP contribution in [0.5, 0.6) is 0 Å². The maximum absolute atomic E-state index is 12.7. The number of carbonyl (C=O) groups excluding carboxylic acids is 2. The Morgan fingerprint density at radius 2 is 1.95 bits per heavy atom. The molecule has 2 amide bonds. The first-order valence-corrected chi connectivity index (χ1v) is 7.91. The predicted molar refractivity (Wildman–Crippen MR) is 73.9 cm³/mol. The van der Waals surface area contributed by atoms with Crippen molar-refractivity contribution in [2.45, 2.75) is 57.0 Å². The summed E-state index contributed by atoms with van der Waals surface area (Å²) in [6, 6.07) is 0.679. The summed E-state index contributed by atoms with van der Waals surface area (Å²) < 4.78 is 0. The van der Waals surface area contributed by atoms with Crippen molar-refractivity contribution in [3.8, 4) is 0 Å². The number of hydrogen-bond donors (Lipinski definition) is 1. The van der Waals surface area contributed by atoms with E-state index in [4.69, 9.17) is 0 Å². The monoisotopic (exact) mass is 280 g/mol. The van der Waals surface area contributed by atoms with E-state index < -0.39 is 0 Å². The molecule has 0 bridgehead atoms. The molecule has 0 spiro atoms. The van der Waals surface area contributed by atoms with E-state index in [1.165, 1.54) is 0 Å². The molecular weight excluding hydrogens is 256 g/mol. The SMILES string of the molecule is O=C1CC(C(=O)N(CCO)C2CCCC2)CN1C1CC1. The molecule has 112 valence electrons. The molecular formula is C15H24N2O3. The summed E-state index contributed by atoms with van der Waals surface area (Å²) in [5, 5.41) is 9.22. The zero-order valence-corrected chi connectivity index (χ0v) is 12.0. The first-order chi connectivity index (χ1) is 9.70. The van der Waals surface area contributed by atoms with Crippen molar-refractivity contribution in [1.82, 2.24) is 9.80 Å². The van der Waals surface area contributed by atoms with E-state index >= 15 is 0 Å². The van der Waals surface area contributed by atoms with Gasteiger partial charge in [0.15, 0.2) is 0 Å². The molecule has 0 aromatic carbocycles. The van der Waals surface area contributed by atoms with Crippen molar-refractivity contribution in [3.05, 3.63) is 0 Å². The van der Waals surface area contributed by atoms with Gasteiger partial charge in [-0.05, 0) is 25.7 Å². The van der Waals surface area contributed by atoms with Gasteiger partial charge in [0.2, 0.25) is 11.8 Å². The lowest BCUT2D eigenvalue weighted by Gasteiger charge is -2.30. The van der Waals surface area contributed by atoms with Crippen molar-refractivity contribution in [2.75, 3.05) is 19.7 Å². The summed E-state index contributed by atoms with van der Waals surface area (Å²) in [6.07, 6.45) is 6.96. The Hall–Kier alpha value is -1.10. The van der Waals surface area contributed by atoms with Gasteiger partial charge in [-0.25, -0.2) is 0 Å². The zero-order chi connectivity index (χ0) is 14.1. The highest BCUT2D eigenvalue weighted by Gasteiger charge is 2.43. The van der Waals surface area contributed by atoms with Gasteiger partial charge in [0.25, 0.3) is 0 Å². The van der Waals surface area contributed by atoms with Gasteiger partial charge in [0, 0.05) is 31.6 Å². The Morgan fingerprint density at radius 3 is 2.55 bits per heavy atom. The van der Waals surface area contributed by atoms with Crippen LogP contribution >= 0.6 is 0 Å². The van der Waals surface area contributed by atoms with Crippen LogP contribution in [0.2, 0.25) is 0 Å². The minimum Gasteiger partial charge on any atom is -0.395 e. The Bertz CT molecular complexity index is 389. The van der Waals surface area contributed by atoms with Crippen LogP contribution in [-0.2, 0) is 9.59 Å². The van der Waals surface area contributed by atoms with Crippen LogP contribution in [0.3, 0.4) is 0 Å². The lowest BCUT2D eigenvalue weighted by molar-refractivity contribution is -0.138. The van der Waals surface area contributed by atoms with Gasteiger partial charge in [0.05, 0.1) is 12.5 Å². The molecule has 0 radical (unpaired) electrons. The third kappa shape index (κ3) is 2.68. The lowest BCUT2D eigenvalue weighted by Crippen LogP contribution is -2.44. The van der Waals surface area contributed by atoms with Gasteiger partial charge in [-0.2, -0.15) is 0 Å². The van der Waals surface area contributed by atoms with E-state index in [0.29, 0.717) is 25.6 Å². The van der Waals surface area contributed by atoms with Gasteiger partial charge in [-0.1, -0.05) is 12.8 Å². The smallest absolute Gasteiger partial charge is 0.228 e. The molecule has 3 fully saturated rings. The fourth-order valence-electron chi connectivity index (χ4n) is 3.67. The molecule has 1 heterocycles. The number of carbonyl (C=O) groups is 2. The lowest BCUT2D eigenvalue weighted by atomic mass is 10.1. The van der Waals surface area contributed by atoms with E-state index in [1.54, 1.807) is 0 Å². The standard InChI is InChI=1S/C15H24N2O3/c18-8-7-16(12-3-1-2-4-12)15(20)11-9-14(19)17(10-11)13-5-6-13/h11-13,18H,1-10H2. The van der Waals surface area contributed by atoms with Crippen molar-refractivity contribution >= 4 is 11.8 Å². The maximum Gasteiger partial charge on any atom is 0.228 e. The number of likely N-dealkylation sites (tertiary alicyclic amines) is 1. The van der Waals surface area contributed by atoms with Crippen molar-refractivity contribution in [1.29, 1.82) is 0 Å². The Morgan fingerprint density at radius 1 is 1.25 bits per heavy atom. The molecule has 3 aliphatic rings. The molecule has 2 aliphatic carbocycles. The van der Waals surface area contributed by atoms with Crippen LogP contribution in [0, 0.1) is 5.92 Å². The summed E-state index contributed by atoms with van der Waals surface area (Å²) in [6.45, 7) is 1.02. The molecule has 1 atom stereocenters. The third-order valence-electron chi connectivity index (χ3n) is 4.88. The molecule has 1 unspecified atom stereocenters. The van der Waals surface area contributed by atoms with Gasteiger partial charge in [0.1, 0.15) is 0 Å². The van der Waals surface area contributed by atoms with Gasteiger partial charge < -0.3 is 14.9 Å². The topological polar surface area (TPSA) is 60.9 Å². The number of amides is 2. The van der Waals surface area contributed by atoms with E-state index in [0.717, 1.165) is 38.5 Å². The number of nitrogens with zero attached hydrogens (tertiary/aromatic N) is 2. The second-order valence-electron chi connectivity index (χ2n) is 6.37. The number of rotatable bonds is 5. The Labute approximate surface area is 119 Å².